The summed E-state index contributed by atoms with van der Waals surface area (Å²) in [6.07, 6.45) is 0.661. The Balaban J connectivity index is 4.14. The van der Waals surface area contributed by atoms with E-state index in [0.717, 1.165) is 0 Å². The Labute approximate surface area is 90.6 Å². The predicted molar refractivity (Wildman–Crippen MR) is 46.9 cm³/mol. The summed E-state index contributed by atoms with van der Waals surface area (Å²) in [6.45, 7) is -0.439. The molecule has 0 saturated heterocycles. The molecule has 0 heterocycles. The molecular weight excluding hydrogens is 248 g/mol. The van der Waals surface area contributed by atoms with Gasteiger partial charge in [0.2, 0.25) is 0 Å². The number of nitrogens with zero attached hydrogens (tertiary/aromatic N) is 1. The summed E-state index contributed by atoms with van der Waals surface area (Å²) < 4.78 is 57.2. The third-order valence-corrected chi connectivity index (χ3v) is 2.29. The maximum absolute atomic E-state index is 12.5. The first kappa shape index (κ1) is 14.7. The molecule has 92 valence electrons. The van der Waals surface area contributed by atoms with Gasteiger partial charge in [0.05, 0.1) is 12.7 Å². The van der Waals surface area contributed by atoms with E-state index in [9.17, 15) is 22.0 Å². The SMILES string of the molecule is N#CCCCCOC(=O)C(F)(F)S(=O)(=O)O. The van der Waals surface area contributed by atoms with E-state index >= 15 is 0 Å². The highest BCUT2D eigenvalue weighted by Gasteiger charge is 2.54. The van der Waals surface area contributed by atoms with Gasteiger partial charge in [-0.2, -0.15) is 22.5 Å². The quantitative estimate of drug-likeness (QED) is 0.426. The van der Waals surface area contributed by atoms with Crippen LogP contribution >= 0.6 is 0 Å². The van der Waals surface area contributed by atoms with Crippen LogP contribution in [0.4, 0.5) is 8.78 Å². The summed E-state index contributed by atoms with van der Waals surface area (Å²) in [7, 11) is -5.81. The number of esters is 1. The zero-order valence-electron chi connectivity index (χ0n) is 8.02. The highest BCUT2D eigenvalue weighted by atomic mass is 32.2. The summed E-state index contributed by atoms with van der Waals surface area (Å²) in [5, 5.41) is 3.16. The second-order valence-corrected chi connectivity index (χ2v) is 4.21. The van der Waals surface area contributed by atoms with Crippen LogP contribution in [0.3, 0.4) is 0 Å². The Morgan fingerprint density at radius 2 is 2.00 bits per heavy atom. The van der Waals surface area contributed by atoms with E-state index < -0.39 is 27.9 Å². The van der Waals surface area contributed by atoms with E-state index in [1.807, 2.05) is 0 Å². The van der Waals surface area contributed by atoms with E-state index in [1.54, 1.807) is 6.07 Å². The Morgan fingerprint density at radius 3 is 2.44 bits per heavy atom. The molecule has 0 bridgehead atoms. The van der Waals surface area contributed by atoms with Crippen molar-refractivity contribution in [1.82, 2.24) is 0 Å². The molecule has 0 unspecified atom stereocenters. The second-order valence-electron chi connectivity index (χ2n) is 2.74. The fourth-order valence-corrected chi connectivity index (χ4v) is 0.930. The van der Waals surface area contributed by atoms with Gasteiger partial charge < -0.3 is 4.74 Å². The molecule has 0 aromatic rings. The van der Waals surface area contributed by atoms with E-state index in [0.29, 0.717) is 6.42 Å². The van der Waals surface area contributed by atoms with Gasteiger partial charge in [0.1, 0.15) is 0 Å². The lowest BCUT2D eigenvalue weighted by molar-refractivity contribution is -0.161. The molecule has 0 radical (unpaired) electrons. The van der Waals surface area contributed by atoms with Crippen LogP contribution in [0.2, 0.25) is 0 Å². The lowest BCUT2D eigenvalue weighted by atomic mass is 10.3. The zero-order valence-corrected chi connectivity index (χ0v) is 8.84. The van der Waals surface area contributed by atoms with Gasteiger partial charge in [-0.05, 0) is 12.8 Å². The Kier molecular flexibility index (Phi) is 5.26. The topological polar surface area (TPSA) is 104 Å². The average molecular weight is 257 g/mol. The van der Waals surface area contributed by atoms with Crippen LogP contribution in [0.15, 0.2) is 0 Å². The second kappa shape index (κ2) is 5.72. The van der Waals surface area contributed by atoms with Gasteiger partial charge in [-0.1, -0.05) is 0 Å². The van der Waals surface area contributed by atoms with Gasteiger partial charge >= 0.3 is 21.3 Å². The van der Waals surface area contributed by atoms with Crippen molar-refractivity contribution >= 4 is 16.1 Å². The van der Waals surface area contributed by atoms with Crippen molar-refractivity contribution in [3.8, 4) is 6.07 Å². The molecule has 0 rings (SSSR count). The van der Waals surface area contributed by atoms with E-state index in [1.165, 1.54) is 0 Å². The number of carbonyl (C=O) groups is 1. The van der Waals surface area contributed by atoms with E-state index in [4.69, 9.17) is 9.81 Å². The normalized spacial score (nSPS) is 11.9. The number of hydrogen-bond acceptors (Lipinski definition) is 5. The molecule has 6 nitrogen and oxygen atoms in total. The number of halogens is 2. The van der Waals surface area contributed by atoms with Crippen LogP contribution in [-0.4, -0.2) is 30.8 Å². The Hall–Kier alpha value is -1.27. The summed E-state index contributed by atoms with van der Waals surface area (Å²) in [5.41, 5.74) is 0. The van der Waals surface area contributed by atoms with Crippen LogP contribution in [0.1, 0.15) is 19.3 Å². The Bertz CT molecular complexity index is 386. The molecule has 0 saturated carbocycles. The number of unbranched alkanes of at least 4 members (excludes halogenated alkanes) is 2. The molecule has 0 aliphatic heterocycles. The van der Waals surface area contributed by atoms with Gasteiger partial charge in [0.15, 0.2) is 0 Å². The van der Waals surface area contributed by atoms with Gasteiger partial charge in [-0.15, -0.1) is 0 Å². The van der Waals surface area contributed by atoms with Gasteiger partial charge in [0, 0.05) is 6.42 Å². The number of nitriles is 1. The van der Waals surface area contributed by atoms with Crippen molar-refractivity contribution in [2.24, 2.45) is 0 Å². The lowest BCUT2D eigenvalue weighted by Crippen LogP contribution is -2.39. The zero-order chi connectivity index (χ0) is 12.8. The molecule has 0 aliphatic carbocycles. The summed E-state index contributed by atoms with van der Waals surface area (Å²) in [5.74, 6) is -2.33. The van der Waals surface area contributed by atoms with Crippen LogP contribution < -0.4 is 0 Å². The predicted octanol–water partition coefficient (Wildman–Crippen LogP) is 0.704. The largest absolute Gasteiger partial charge is 0.465 e. The number of carbonyl (C=O) groups excluding carboxylic acids is 1. The third-order valence-electron chi connectivity index (χ3n) is 1.48. The van der Waals surface area contributed by atoms with Crippen molar-refractivity contribution < 1.29 is 31.3 Å². The highest BCUT2D eigenvalue weighted by molar-refractivity contribution is 7.87. The number of rotatable bonds is 6. The molecule has 0 spiro atoms. The van der Waals surface area contributed by atoms with Crippen LogP contribution in [-0.2, 0) is 19.6 Å². The standard InChI is InChI=1S/C7H9F2NO5S/c8-7(9,16(12,13)14)6(11)15-5-3-1-2-4-10/h1-3,5H2,(H,12,13,14). The molecule has 1 N–H and O–H groups in total. The smallest absolute Gasteiger partial charge is 0.460 e. The molecule has 0 aromatic carbocycles. The van der Waals surface area contributed by atoms with Crippen molar-refractivity contribution in [2.75, 3.05) is 6.61 Å². The van der Waals surface area contributed by atoms with E-state index in [2.05, 4.69) is 4.74 Å². The Morgan fingerprint density at radius 1 is 1.44 bits per heavy atom. The number of alkyl halides is 2. The fourth-order valence-electron chi connectivity index (χ4n) is 0.660. The minimum atomic E-state index is -5.81. The van der Waals surface area contributed by atoms with Gasteiger partial charge in [-0.3, -0.25) is 4.55 Å². The molecule has 9 heteroatoms. The van der Waals surface area contributed by atoms with Crippen molar-refractivity contribution in [3.63, 3.8) is 0 Å². The molecule has 0 amide bonds. The summed E-state index contributed by atoms with van der Waals surface area (Å²) >= 11 is 0. The minimum Gasteiger partial charge on any atom is -0.460 e. The highest BCUT2D eigenvalue weighted by Crippen LogP contribution is 2.22. The summed E-state index contributed by atoms with van der Waals surface area (Å²) in [4.78, 5) is 10.6. The number of ether oxygens (including phenoxy) is 1. The maximum atomic E-state index is 12.5. The molecule has 0 fully saturated rings. The minimum absolute atomic E-state index is 0.154. The first-order valence-electron chi connectivity index (χ1n) is 4.12. The molecule has 16 heavy (non-hydrogen) atoms. The van der Waals surface area contributed by atoms with Crippen LogP contribution in [0.25, 0.3) is 0 Å². The average Bonchev–Trinajstić information content (AvgIpc) is 2.15. The van der Waals surface area contributed by atoms with Gasteiger partial charge in [0.25, 0.3) is 0 Å². The molecule has 0 atom stereocenters. The summed E-state index contributed by atoms with van der Waals surface area (Å²) in [6, 6.07) is 1.79. The lowest BCUT2D eigenvalue weighted by Gasteiger charge is -2.11. The van der Waals surface area contributed by atoms with Crippen LogP contribution in [0.5, 0.6) is 0 Å². The van der Waals surface area contributed by atoms with Crippen LogP contribution in [0, 0.1) is 11.3 Å². The van der Waals surface area contributed by atoms with Crippen molar-refractivity contribution in [2.45, 2.75) is 24.5 Å². The van der Waals surface area contributed by atoms with Gasteiger partial charge in [-0.25, -0.2) is 4.79 Å². The maximum Gasteiger partial charge on any atom is 0.465 e. The molecule has 0 aromatic heterocycles. The van der Waals surface area contributed by atoms with E-state index in [-0.39, 0.29) is 12.8 Å². The van der Waals surface area contributed by atoms with Crippen molar-refractivity contribution in [3.05, 3.63) is 0 Å². The monoisotopic (exact) mass is 257 g/mol. The first-order valence-corrected chi connectivity index (χ1v) is 5.56. The molecule has 0 aliphatic rings. The fraction of sp³-hybridized carbons (Fsp3) is 0.714. The molecular formula is C7H9F2NO5S. The first-order chi connectivity index (χ1) is 7.23. The number of hydrogen-bond donors (Lipinski definition) is 1. The third kappa shape index (κ3) is 4.08. The van der Waals surface area contributed by atoms with Crippen molar-refractivity contribution in [1.29, 1.82) is 5.26 Å².